The van der Waals surface area contributed by atoms with E-state index in [4.69, 9.17) is 9.47 Å². The Kier molecular flexibility index (Phi) is 2.32. The Labute approximate surface area is 95.0 Å². The number of nitrogens with zero attached hydrogens (tertiary/aromatic N) is 2. The predicted octanol–water partition coefficient (Wildman–Crippen LogP) is 1.73. The standard InChI is InChI=1S/C12H16N2O2/c1-9-13-4-2-11(14-9)16-8-12-3-5-15-10(6-12)7-12/h2,4,10H,3,5-8H2,1H3. The Morgan fingerprint density at radius 2 is 2.44 bits per heavy atom. The van der Waals surface area contributed by atoms with Crippen molar-refractivity contribution in [3.05, 3.63) is 18.1 Å². The Morgan fingerprint density at radius 3 is 3.12 bits per heavy atom. The minimum atomic E-state index is 0.363. The first-order valence-corrected chi connectivity index (χ1v) is 5.80. The summed E-state index contributed by atoms with van der Waals surface area (Å²) < 4.78 is 11.3. The number of rotatable bonds is 3. The summed E-state index contributed by atoms with van der Waals surface area (Å²) in [6, 6.07) is 1.82. The molecule has 0 amide bonds. The molecule has 0 spiro atoms. The van der Waals surface area contributed by atoms with Crippen molar-refractivity contribution in [2.45, 2.75) is 32.3 Å². The van der Waals surface area contributed by atoms with Gasteiger partial charge in [0.25, 0.3) is 0 Å². The van der Waals surface area contributed by atoms with E-state index in [1.165, 1.54) is 0 Å². The van der Waals surface area contributed by atoms with Gasteiger partial charge in [0.15, 0.2) is 0 Å². The van der Waals surface area contributed by atoms with Crippen molar-refractivity contribution < 1.29 is 9.47 Å². The van der Waals surface area contributed by atoms with Crippen molar-refractivity contribution in [3.63, 3.8) is 0 Å². The van der Waals surface area contributed by atoms with Crippen LogP contribution in [-0.4, -0.2) is 29.3 Å². The molecule has 0 atom stereocenters. The number of hydrogen-bond donors (Lipinski definition) is 0. The molecule has 4 nitrogen and oxygen atoms in total. The van der Waals surface area contributed by atoms with Gasteiger partial charge in [-0.1, -0.05) is 0 Å². The van der Waals surface area contributed by atoms with Crippen LogP contribution in [0.15, 0.2) is 12.3 Å². The van der Waals surface area contributed by atoms with E-state index < -0.39 is 0 Å². The summed E-state index contributed by atoms with van der Waals surface area (Å²) >= 11 is 0. The van der Waals surface area contributed by atoms with Crippen molar-refractivity contribution >= 4 is 0 Å². The highest BCUT2D eigenvalue weighted by atomic mass is 16.5. The molecule has 3 aliphatic rings. The van der Waals surface area contributed by atoms with E-state index in [1.807, 2.05) is 13.0 Å². The van der Waals surface area contributed by atoms with Crippen LogP contribution in [0.2, 0.25) is 0 Å². The highest BCUT2D eigenvalue weighted by molar-refractivity contribution is 5.09. The van der Waals surface area contributed by atoms with E-state index in [-0.39, 0.29) is 0 Å². The van der Waals surface area contributed by atoms with E-state index in [2.05, 4.69) is 9.97 Å². The van der Waals surface area contributed by atoms with Crippen molar-refractivity contribution in [1.82, 2.24) is 9.97 Å². The summed E-state index contributed by atoms with van der Waals surface area (Å²) in [6.07, 6.45) is 5.65. The Balaban J connectivity index is 1.60. The molecule has 2 bridgehead atoms. The fourth-order valence-corrected chi connectivity index (χ4v) is 2.60. The number of fused-ring (bicyclic) bond motifs is 2. The fourth-order valence-electron chi connectivity index (χ4n) is 2.60. The molecule has 1 aromatic heterocycles. The van der Waals surface area contributed by atoms with Crippen molar-refractivity contribution in [2.24, 2.45) is 5.41 Å². The Morgan fingerprint density at radius 1 is 1.56 bits per heavy atom. The highest BCUT2D eigenvalue weighted by Crippen LogP contribution is 2.49. The molecule has 0 unspecified atom stereocenters. The molecule has 4 rings (SSSR count). The normalized spacial score (nSPS) is 31.9. The molecule has 16 heavy (non-hydrogen) atoms. The van der Waals surface area contributed by atoms with Gasteiger partial charge in [0.2, 0.25) is 5.88 Å². The van der Waals surface area contributed by atoms with Gasteiger partial charge in [0.1, 0.15) is 5.82 Å². The Bertz CT molecular complexity index is 383. The lowest BCUT2D eigenvalue weighted by atomic mass is 9.63. The molecule has 1 aliphatic carbocycles. The molecule has 86 valence electrons. The lowest BCUT2D eigenvalue weighted by molar-refractivity contribution is -0.160. The van der Waals surface area contributed by atoms with Gasteiger partial charge in [-0.05, 0) is 26.2 Å². The number of hydrogen-bond acceptors (Lipinski definition) is 4. The summed E-state index contributed by atoms with van der Waals surface area (Å²) in [5.74, 6) is 1.45. The Hall–Kier alpha value is -1.16. The first-order valence-electron chi connectivity index (χ1n) is 5.80. The number of aromatic nitrogens is 2. The van der Waals surface area contributed by atoms with Crippen LogP contribution in [0.25, 0.3) is 0 Å². The maximum absolute atomic E-state index is 5.76. The third-order valence-corrected chi connectivity index (χ3v) is 3.58. The summed E-state index contributed by atoms with van der Waals surface area (Å²) in [5, 5.41) is 0. The molecule has 3 heterocycles. The molecule has 0 aromatic carbocycles. The third kappa shape index (κ3) is 1.78. The first-order chi connectivity index (χ1) is 7.76. The predicted molar refractivity (Wildman–Crippen MR) is 58.3 cm³/mol. The van der Waals surface area contributed by atoms with Crippen molar-refractivity contribution in [1.29, 1.82) is 0 Å². The van der Waals surface area contributed by atoms with E-state index in [0.29, 0.717) is 17.4 Å². The van der Waals surface area contributed by atoms with Gasteiger partial charge < -0.3 is 9.47 Å². The smallest absolute Gasteiger partial charge is 0.216 e. The van der Waals surface area contributed by atoms with Crippen LogP contribution in [0.3, 0.4) is 0 Å². The summed E-state index contributed by atoms with van der Waals surface area (Å²) in [6.45, 7) is 3.53. The van der Waals surface area contributed by atoms with Gasteiger partial charge in [-0.25, -0.2) is 4.98 Å². The molecule has 2 aliphatic heterocycles. The number of ether oxygens (including phenoxy) is 2. The SMILES string of the molecule is Cc1nccc(OCC23CCOC(C2)C3)n1. The van der Waals surface area contributed by atoms with Crippen LogP contribution >= 0.6 is 0 Å². The second-order valence-corrected chi connectivity index (χ2v) is 4.88. The maximum atomic E-state index is 5.76. The average Bonchev–Trinajstić information content (AvgIpc) is 2.26. The van der Waals surface area contributed by atoms with Crippen LogP contribution < -0.4 is 4.74 Å². The van der Waals surface area contributed by atoms with Crippen molar-refractivity contribution in [3.8, 4) is 5.88 Å². The molecule has 1 aromatic rings. The van der Waals surface area contributed by atoms with E-state index in [9.17, 15) is 0 Å². The topological polar surface area (TPSA) is 44.2 Å². The average molecular weight is 220 g/mol. The zero-order valence-corrected chi connectivity index (χ0v) is 9.48. The van der Waals surface area contributed by atoms with E-state index in [1.54, 1.807) is 6.20 Å². The third-order valence-electron chi connectivity index (χ3n) is 3.58. The van der Waals surface area contributed by atoms with Gasteiger partial charge in [-0.2, -0.15) is 4.98 Å². The molecule has 2 saturated heterocycles. The van der Waals surface area contributed by atoms with Crippen molar-refractivity contribution in [2.75, 3.05) is 13.2 Å². The quantitative estimate of drug-likeness (QED) is 0.778. The highest BCUT2D eigenvalue weighted by Gasteiger charge is 2.48. The minimum Gasteiger partial charge on any atom is -0.477 e. The molecule has 4 heteroatoms. The lowest BCUT2D eigenvalue weighted by Crippen LogP contribution is -2.51. The van der Waals surface area contributed by atoms with Crippen LogP contribution in [0.4, 0.5) is 0 Å². The monoisotopic (exact) mass is 220 g/mol. The van der Waals surface area contributed by atoms with Gasteiger partial charge >= 0.3 is 0 Å². The van der Waals surface area contributed by atoms with Crippen LogP contribution in [0.1, 0.15) is 25.1 Å². The molecule has 0 N–H and O–H groups in total. The largest absolute Gasteiger partial charge is 0.477 e. The fraction of sp³-hybridized carbons (Fsp3) is 0.667. The van der Waals surface area contributed by atoms with Crippen LogP contribution in [0, 0.1) is 12.3 Å². The minimum absolute atomic E-state index is 0.363. The van der Waals surface area contributed by atoms with Gasteiger partial charge in [0, 0.05) is 24.3 Å². The van der Waals surface area contributed by atoms with Gasteiger partial charge in [-0.3, -0.25) is 0 Å². The molecule has 3 fully saturated rings. The maximum Gasteiger partial charge on any atom is 0.216 e. The molecular formula is C12H16N2O2. The summed E-state index contributed by atoms with van der Waals surface area (Å²) in [7, 11) is 0. The second-order valence-electron chi connectivity index (χ2n) is 4.88. The van der Waals surface area contributed by atoms with E-state index in [0.717, 1.165) is 38.3 Å². The first kappa shape index (κ1) is 10.0. The second kappa shape index (κ2) is 3.70. The van der Waals surface area contributed by atoms with Crippen LogP contribution in [-0.2, 0) is 4.74 Å². The van der Waals surface area contributed by atoms with Gasteiger partial charge in [-0.15, -0.1) is 0 Å². The zero-order chi connectivity index (χ0) is 11.0. The lowest BCUT2D eigenvalue weighted by Gasteiger charge is -2.51. The molecule has 1 saturated carbocycles. The van der Waals surface area contributed by atoms with E-state index >= 15 is 0 Å². The number of aryl methyl sites for hydroxylation is 1. The van der Waals surface area contributed by atoms with Gasteiger partial charge in [0.05, 0.1) is 12.7 Å². The summed E-state index contributed by atoms with van der Waals surface area (Å²) in [4.78, 5) is 8.29. The zero-order valence-electron chi connectivity index (χ0n) is 9.48. The van der Waals surface area contributed by atoms with Crippen LogP contribution in [0.5, 0.6) is 5.88 Å². The molecular weight excluding hydrogens is 204 g/mol. The summed E-state index contributed by atoms with van der Waals surface area (Å²) in [5.41, 5.74) is 0.363. The molecule has 0 radical (unpaired) electrons.